The average molecular weight is 234 g/mol. The maximum Gasteiger partial charge on any atom is 0.208 e. The van der Waals surface area contributed by atoms with Gasteiger partial charge in [0.05, 0.1) is 12.2 Å². The topological polar surface area (TPSA) is 38.1 Å². The summed E-state index contributed by atoms with van der Waals surface area (Å²) in [5, 5.41) is 3.50. The van der Waals surface area contributed by atoms with Gasteiger partial charge in [0.2, 0.25) is 5.89 Å². The molecule has 1 aromatic heterocycles. The molecule has 0 spiro atoms. The quantitative estimate of drug-likeness (QED) is 0.816. The molecule has 0 aliphatic heterocycles. The molecule has 3 nitrogen and oxygen atoms in total. The predicted octanol–water partition coefficient (Wildman–Crippen LogP) is 3.27. The zero-order valence-electron chi connectivity index (χ0n) is 10.8. The lowest BCUT2D eigenvalue weighted by molar-refractivity contribution is 0.424. The van der Waals surface area contributed by atoms with Gasteiger partial charge in [-0.3, -0.25) is 0 Å². The van der Waals surface area contributed by atoms with Gasteiger partial charge >= 0.3 is 0 Å². The molecule has 1 aliphatic carbocycles. The lowest BCUT2D eigenvalue weighted by atomic mass is 10.0. The molecule has 17 heavy (non-hydrogen) atoms. The van der Waals surface area contributed by atoms with Crippen LogP contribution in [-0.2, 0) is 6.54 Å². The van der Waals surface area contributed by atoms with Crippen molar-refractivity contribution in [2.24, 2.45) is 0 Å². The Morgan fingerprint density at radius 1 is 1.35 bits per heavy atom. The van der Waals surface area contributed by atoms with E-state index in [-0.39, 0.29) is 0 Å². The van der Waals surface area contributed by atoms with Crippen LogP contribution in [-0.4, -0.2) is 11.0 Å². The average Bonchev–Trinajstić information content (AvgIpc) is 2.57. The molecule has 0 amide bonds. The highest BCUT2D eigenvalue weighted by Gasteiger charge is 2.09. The van der Waals surface area contributed by atoms with Gasteiger partial charge in [-0.25, -0.2) is 4.98 Å². The summed E-state index contributed by atoms with van der Waals surface area (Å²) in [5.41, 5.74) is 0.995. The van der Waals surface area contributed by atoms with E-state index < -0.39 is 0 Å². The fourth-order valence-corrected chi connectivity index (χ4v) is 2.16. The van der Waals surface area contributed by atoms with Crippen LogP contribution >= 0.6 is 0 Å². The van der Waals surface area contributed by atoms with Crippen LogP contribution in [0, 0.1) is 13.8 Å². The second-order valence-corrected chi connectivity index (χ2v) is 4.80. The van der Waals surface area contributed by atoms with Crippen molar-refractivity contribution in [2.75, 3.05) is 0 Å². The van der Waals surface area contributed by atoms with Crippen LogP contribution in [0.4, 0.5) is 0 Å². The lowest BCUT2D eigenvalue weighted by Gasteiger charge is -2.15. The second-order valence-electron chi connectivity index (χ2n) is 4.80. The molecule has 0 saturated carbocycles. The number of aromatic nitrogens is 1. The van der Waals surface area contributed by atoms with Crippen molar-refractivity contribution < 1.29 is 4.42 Å². The number of allylic oxidation sites excluding steroid dienone is 1. The van der Waals surface area contributed by atoms with Crippen LogP contribution in [0.2, 0.25) is 0 Å². The summed E-state index contributed by atoms with van der Waals surface area (Å²) in [6.45, 7) is 4.67. The first-order valence-electron chi connectivity index (χ1n) is 6.58. The van der Waals surface area contributed by atoms with Crippen molar-refractivity contribution in [1.29, 1.82) is 0 Å². The number of hydrogen-bond donors (Lipinski definition) is 1. The standard InChI is InChI=1S/C14H22N2O/c1-11-12(2)17-14(16-11)10-15-13-8-6-4-3-5-7-9-13/h6,8,13,15H,3-5,7,9-10H2,1-2H3/b8-6+. The van der Waals surface area contributed by atoms with Crippen molar-refractivity contribution in [3.8, 4) is 0 Å². The van der Waals surface area contributed by atoms with Gasteiger partial charge in [0.15, 0.2) is 0 Å². The highest BCUT2D eigenvalue weighted by molar-refractivity contribution is 5.05. The van der Waals surface area contributed by atoms with Gasteiger partial charge in [-0.2, -0.15) is 0 Å². The third kappa shape index (κ3) is 3.70. The zero-order chi connectivity index (χ0) is 12.1. The van der Waals surface area contributed by atoms with E-state index >= 15 is 0 Å². The van der Waals surface area contributed by atoms with Gasteiger partial charge in [0.25, 0.3) is 0 Å². The first kappa shape index (κ1) is 12.4. The predicted molar refractivity (Wildman–Crippen MR) is 68.8 cm³/mol. The molecular formula is C14H22N2O. The van der Waals surface area contributed by atoms with Gasteiger partial charge < -0.3 is 9.73 Å². The van der Waals surface area contributed by atoms with E-state index in [0.29, 0.717) is 6.04 Å². The Balaban J connectivity index is 1.85. The Morgan fingerprint density at radius 2 is 2.24 bits per heavy atom. The Bertz CT molecular complexity index is 362. The van der Waals surface area contributed by atoms with Crippen LogP contribution in [0.1, 0.15) is 49.4 Å². The van der Waals surface area contributed by atoms with Crippen LogP contribution in [0.5, 0.6) is 0 Å². The number of aryl methyl sites for hydroxylation is 2. The van der Waals surface area contributed by atoms with E-state index in [9.17, 15) is 0 Å². The minimum atomic E-state index is 0.475. The minimum absolute atomic E-state index is 0.475. The molecule has 2 rings (SSSR count). The molecule has 0 aromatic carbocycles. The van der Waals surface area contributed by atoms with Gasteiger partial charge in [-0.1, -0.05) is 25.0 Å². The monoisotopic (exact) mass is 234 g/mol. The molecule has 1 aromatic rings. The van der Waals surface area contributed by atoms with E-state index in [1.165, 1.54) is 32.1 Å². The molecule has 0 radical (unpaired) electrons. The third-order valence-corrected chi connectivity index (χ3v) is 3.34. The van der Waals surface area contributed by atoms with E-state index in [2.05, 4.69) is 22.5 Å². The molecule has 1 unspecified atom stereocenters. The number of nitrogens with zero attached hydrogens (tertiary/aromatic N) is 1. The molecule has 3 heteroatoms. The first-order chi connectivity index (χ1) is 8.25. The molecule has 1 heterocycles. The van der Waals surface area contributed by atoms with Crippen LogP contribution in [0.15, 0.2) is 16.6 Å². The highest BCUT2D eigenvalue weighted by atomic mass is 16.4. The molecule has 94 valence electrons. The number of oxazole rings is 1. The molecule has 0 saturated heterocycles. The Hall–Kier alpha value is -1.09. The van der Waals surface area contributed by atoms with E-state index in [1.54, 1.807) is 0 Å². The number of rotatable bonds is 3. The molecule has 1 N–H and O–H groups in total. The smallest absolute Gasteiger partial charge is 0.208 e. The summed E-state index contributed by atoms with van der Waals surface area (Å²) in [6.07, 6.45) is 11.0. The normalized spacial score (nSPS) is 23.1. The fourth-order valence-electron chi connectivity index (χ4n) is 2.16. The summed E-state index contributed by atoms with van der Waals surface area (Å²) in [6, 6.07) is 0.475. The summed E-state index contributed by atoms with van der Waals surface area (Å²) in [7, 11) is 0. The summed E-state index contributed by atoms with van der Waals surface area (Å²) < 4.78 is 5.56. The highest BCUT2D eigenvalue weighted by Crippen LogP contribution is 2.13. The fraction of sp³-hybridized carbons (Fsp3) is 0.643. The van der Waals surface area contributed by atoms with Crippen LogP contribution < -0.4 is 5.32 Å². The molecule has 0 bridgehead atoms. The number of hydrogen-bond acceptors (Lipinski definition) is 3. The maximum atomic E-state index is 5.56. The summed E-state index contributed by atoms with van der Waals surface area (Å²) >= 11 is 0. The van der Waals surface area contributed by atoms with Crippen molar-refractivity contribution >= 4 is 0 Å². The van der Waals surface area contributed by atoms with Crippen molar-refractivity contribution in [3.63, 3.8) is 0 Å². The number of nitrogens with one attached hydrogen (secondary N) is 1. The lowest BCUT2D eigenvalue weighted by Crippen LogP contribution is -2.27. The molecular weight excluding hydrogens is 212 g/mol. The van der Waals surface area contributed by atoms with E-state index in [1.807, 2.05) is 13.8 Å². The Labute approximate surface area is 103 Å². The SMILES string of the molecule is Cc1nc(CNC2/C=C/CCCCC2)oc1C. The Morgan fingerprint density at radius 3 is 3.00 bits per heavy atom. The molecule has 0 fully saturated rings. The van der Waals surface area contributed by atoms with Gasteiger partial charge in [-0.05, 0) is 33.1 Å². The minimum Gasteiger partial charge on any atom is -0.444 e. The van der Waals surface area contributed by atoms with E-state index in [4.69, 9.17) is 4.42 Å². The summed E-state index contributed by atoms with van der Waals surface area (Å²) in [5.74, 6) is 1.73. The molecule has 1 aliphatic rings. The van der Waals surface area contributed by atoms with Gasteiger partial charge in [0.1, 0.15) is 5.76 Å². The van der Waals surface area contributed by atoms with Crippen LogP contribution in [0.25, 0.3) is 0 Å². The van der Waals surface area contributed by atoms with Crippen LogP contribution in [0.3, 0.4) is 0 Å². The van der Waals surface area contributed by atoms with Gasteiger partial charge in [0, 0.05) is 6.04 Å². The van der Waals surface area contributed by atoms with E-state index in [0.717, 1.165) is 23.9 Å². The summed E-state index contributed by atoms with van der Waals surface area (Å²) in [4.78, 5) is 4.38. The molecule has 1 atom stereocenters. The Kier molecular flexibility index (Phi) is 4.37. The zero-order valence-corrected chi connectivity index (χ0v) is 10.8. The largest absolute Gasteiger partial charge is 0.444 e. The first-order valence-corrected chi connectivity index (χ1v) is 6.58. The third-order valence-electron chi connectivity index (χ3n) is 3.34. The van der Waals surface area contributed by atoms with Gasteiger partial charge in [-0.15, -0.1) is 0 Å². The maximum absolute atomic E-state index is 5.56. The van der Waals surface area contributed by atoms with Crippen molar-refractivity contribution in [3.05, 3.63) is 29.5 Å². The van der Waals surface area contributed by atoms with Crippen molar-refractivity contribution in [1.82, 2.24) is 10.3 Å². The second kappa shape index (κ2) is 6.01. The van der Waals surface area contributed by atoms with Crippen molar-refractivity contribution in [2.45, 2.75) is 58.5 Å².